The van der Waals surface area contributed by atoms with E-state index in [9.17, 15) is 19.8 Å². The Morgan fingerprint density at radius 1 is 1.23 bits per heavy atom. The fourth-order valence-electron chi connectivity index (χ4n) is 2.97. The number of carboxylic acid groups (broad SMARTS) is 2. The van der Waals surface area contributed by atoms with E-state index in [-0.39, 0.29) is 23.4 Å². The molecule has 5 atom stereocenters. The third kappa shape index (κ3) is 3.16. The van der Waals surface area contributed by atoms with E-state index in [1.54, 1.807) is 0 Å². The molecule has 12 nitrogen and oxygen atoms in total. The van der Waals surface area contributed by atoms with Gasteiger partial charge in [-0.05, 0) is 6.42 Å². The quantitative estimate of drug-likeness (QED) is 0.402. The number of hydrogen-bond acceptors (Lipinski definition) is 9. The number of fused-ring (bicyclic) bond motifs is 1. The van der Waals surface area contributed by atoms with Gasteiger partial charge in [-0.15, -0.1) is 0 Å². The summed E-state index contributed by atoms with van der Waals surface area (Å²) in [6.45, 7) is 0. The smallest absolute Gasteiger partial charge is 0.307 e. The molecule has 1 fully saturated rings. The lowest BCUT2D eigenvalue weighted by Crippen LogP contribution is -2.34. The van der Waals surface area contributed by atoms with Gasteiger partial charge in [0.25, 0.3) is 0 Å². The molecule has 12 heteroatoms. The lowest BCUT2D eigenvalue weighted by atomic mass is 9.95. The van der Waals surface area contributed by atoms with Crippen molar-refractivity contribution >= 4 is 28.9 Å². The average molecular weight is 367 g/mol. The fourth-order valence-corrected chi connectivity index (χ4v) is 2.97. The first-order chi connectivity index (χ1) is 12.3. The van der Waals surface area contributed by atoms with Gasteiger partial charge in [-0.2, -0.15) is 0 Å². The molecule has 26 heavy (non-hydrogen) atoms. The van der Waals surface area contributed by atoms with Crippen molar-refractivity contribution in [3.05, 3.63) is 12.7 Å². The monoisotopic (exact) mass is 367 g/mol. The van der Waals surface area contributed by atoms with Crippen molar-refractivity contribution in [3.63, 3.8) is 0 Å². The van der Waals surface area contributed by atoms with Gasteiger partial charge in [0.15, 0.2) is 17.7 Å². The first-order valence-corrected chi connectivity index (χ1v) is 7.68. The van der Waals surface area contributed by atoms with Gasteiger partial charge in [-0.25, -0.2) is 15.0 Å². The Hall–Kier alpha value is -2.83. The van der Waals surface area contributed by atoms with Gasteiger partial charge in [-0.3, -0.25) is 14.2 Å². The molecule has 3 unspecified atom stereocenters. The van der Waals surface area contributed by atoms with Gasteiger partial charge in [0.1, 0.15) is 24.1 Å². The average Bonchev–Trinajstić information content (AvgIpc) is 3.11. The second kappa shape index (κ2) is 6.82. The van der Waals surface area contributed by atoms with Crippen LogP contribution in [0.2, 0.25) is 0 Å². The molecule has 1 saturated heterocycles. The number of imidazole rings is 1. The molecule has 0 radical (unpaired) electrons. The van der Waals surface area contributed by atoms with Crippen LogP contribution >= 0.6 is 0 Å². The van der Waals surface area contributed by atoms with E-state index >= 15 is 0 Å². The van der Waals surface area contributed by atoms with Crippen LogP contribution in [0.3, 0.4) is 0 Å². The van der Waals surface area contributed by atoms with Crippen LogP contribution in [0.25, 0.3) is 11.2 Å². The van der Waals surface area contributed by atoms with Crippen molar-refractivity contribution in [2.75, 3.05) is 5.73 Å². The number of ether oxygens (including phenoxy) is 1. The minimum atomic E-state index is -1.41. The SMILES string of the molecule is Nc1ncnc2c1ncn2[C@@H]1O[C@H](CC(CC(=O)O)C(=O)O)C(O)C1O. The zero-order valence-electron chi connectivity index (χ0n) is 13.3. The van der Waals surface area contributed by atoms with Crippen LogP contribution in [-0.4, -0.2) is 70.2 Å². The summed E-state index contributed by atoms with van der Waals surface area (Å²) in [5, 5.41) is 38.5. The summed E-state index contributed by atoms with van der Waals surface area (Å²) < 4.78 is 6.96. The van der Waals surface area contributed by atoms with E-state index in [0.29, 0.717) is 0 Å². The predicted molar refractivity (Wildman–Crippen MR) is 83.7 cm³/mol. The fraction of sp³-hybridized carbons (Fsp3) is 0.500. The molecule has 3 rings (SSSR count). The van der Waals surface area contributed by atoms with E-state index in [2.05, 4.69) is 15.0 Å². The lowest BCUT2D eigenvalue weighted by molar-refractivity contribution is -0.150. The standard InChI is InChI=1S/C14H17N5O7/c15-11-8-12(17-3-16-11)19(4-18-8)13-10(23)9(22)6(26-13)1-5(14(24)25)2-7(20)21/h3-6,9-10,13,22-23H,1-2H2,(H,20,21)(H,24,25)(H2,15,16,17)/t5?,6-,9?,10?,13-/m1/s1. The predicted octanol–water partition coefficient (Wildman–Crippen LogP) is -1.41. The summed E-state index contributed by atoms with van der Waals surface area (Å²) in [6, 6.07) is 0. The van der Waals surface area contributed by atoms with Gasteiger partial charge in [0.05, 0.1) is 24.8 Å². The molecule has 0 bridgehead atoms. The molecule has 3 heterocycles. The molecule has 2 aromatic heterocycles. The number of nitrogens with zero attached hydrogens (tertiary/aromatic N) is 4. The summed E-state index contributed by atoms with van der Waals surface area (Å²) in [7, 11) is 0. The molecule has 140 valence electrons. The van der Waals surface area contributed by atoms with Crippen molar-refractivity contribution in [3.8, 4) is 0 Å². The molecular formula is C14H17N5O7. The number of carboxylic acids is 2. The number of aromatic nitrogens is 4. The van der Waals surface area contributed by atoms with Gasteiger partial charge >= 0.3 is 11.9 Å². The van der Waals surface area contributed by atoms with Gasteiger partial charge in [-0.1, -0.05) is 0 Å². The molecule has 0 amide bonds. The van der Waals surface area contributed by atoms with Crippen molar-refractivity contribution in [1.29, 1.82) is 0 Å². The Morgan fingerprint density at radius 2 is 1.96 bits per heavy atom. The zero-order chi connectivity index (χ0) is 19.0. The molecule has 1 aliphatic rings. The first-order valence-electron chi connectivity index (χ1n) is 7.68. The van der Waals surface area contributed by atoms with E-state index in [0.717, 1.165) is 0 Å². The molecule has 0 aromatic carbocycles. The van der Waals surface area contributed by atoms with Crippen molar-refractivity contribution < 1.29 is 34.8 Å². The van der Waals surface area contributed by atoms with Crippen LogP contribution < -0.4 is 5.73 Å². The number of aliphatic hydroxyl groups is 2. The molecule has 2 aromatic rings. The summed E-state index contributed by atoms with van der Waals surface area (Å²) in [4.78, 5) is 33.9. The number of hydrogen-bond donors (Lipinski definition) is 5. The van der Waals surface area contributed by atoms with Crippen LogP contribution in [0.4, 0.5) is 5.82 Å². The minimum absolute atomic E-state index is 0.130. The van der Waals surface area contributed by atoms with Crippen molar-refractivity contribution in [2.24, 2.45) is 5.92 Å². The number of rotatable bonds is 6. The highest BCUT2D eigenvalue weighted by Gasteiger charge is 2.45. The van der Waals surface area contributed by atoms with Crippen LogP contribution in [0.5, 0.6) is 0 Å². The Labute approximate surface area is 145 Å². The maximum atomic E-state index is 11.2. The van der Waals surface area contributed by atoms with E-state index in [1.165, 1.54) is 17.2 Å². The maximum Gasteiger partial charge on any atom is 0.307 e. The van der Waals surface area contributed by atoms with Gasteiger partial charge in [0, 0.05) is 0 Å². The number of nitrogen functional groups attached to an aromatic ring is 1. The van der Waals surface area contributed by atoms with E-state index in [4.69, 9.17) is 20.7 Å². The Balaban J connectivity index is 1.84. The van der Waals surface area contributed by atoms with E-state index in [1.807, 2.05) is 0 Å². The van der Waals surface area contributed by atoms with Crippen molar-refractivity contribution in [1.82, 2.24) is 19.5 Å². The molecule has 0 saturated carbocycles. The topological polar surface area (TPSA) is 194 Å². The van der Waals surface area contributed by atoms with Crippen molar-refractivity contribution in [2.45, 2.75) is 37.4 Å². The van der Waals surface area contributed by atoms with Crippen LogP contribution in [-0.2, 0) is 14.3 Å². The molecular weight excluding hydrogens is 350 g/mol. The third-order valence-corrected chi connectivity index (χ3v) is 4.29. The second-order valence-electron chi connectivity index (χ2n) is 6.00. The summed E-state index contributed by atoms with van der Waals surface area (Å²) in [5.41, 5.74) is 6.26. The van der Waals surface area contributed by atoms with Crippen LogP contribution in [0, 0.1) is 5.92 Å². The summed E-state index contributed by atoms with van der Waals surface area (Å²) in [6.07, 6.45) is -3.36. The highest BCUT2D eigenvalue weighted by atomic mass is 16.6. The minimum Gasteiger partial charge on any atom is -0.481 e. The second-order valence-corrected chi connectivity index (χ2v) is 6.00. The lowest BCUT2D eigenvalue weighted by Gasteiger charge is -2.18. The van der Waals surface area contributed by atoms with Crippen LogP contribution in [0.1, 0.15) is 19.1 Å². The van der Waals surface area contributed by atoms with Crippen LogP contribution in [0.15, 0.2) is 12.7 Å². The molecule has 0 spiro atoms. The highest BCUT2D eigenvalue weighted by Crippen LogP contribution is 2.35. The Bertz CT molecular complexity index is 840. The number of anilines is 1. The Kier molecular flexibility index (Phi) is 4.71. The maximum absolute atomic E-state index is 11.2. The summed E-state index contributed by atoms with van der Waals surface area (Å²) >= 11 is 0. The number of carbonyl (C=O) groups is 2. The third-order valence-electron chi connectivity index (χ3n) is 4.29. The van der Waals surface area contributed by atoms with Gasteiger partial charge in [0.2, 0.25) is 0 Å². The normalized spacial score (nSPS) is 26.8. The number of aliphatic hydroxyl groups excluding tert-OH is 2. The molecule has 1 aliphatic heterocycles. The number of nitrogens with two attached hydrogens (primary N) is 1. The largest absolute Gasteiger partial charge is 0.481 e. The Morgan fingerprint density at radius 3 is 2.62 bits per heavy atom. The van der Waals surface area contributed by atoms with Gasteiger partial charge < -0.3 is 30.9 Å². The molecule has 6 N–H and O–H groups in total. The van der Waals surface area contributed by atoms with E-state index < -0.39 is 48.8 Å². The highest BCUT2D eigenvalue weighted by molar-refractivity contribution is 5.81. The first kappa shape index (κ1) is 18.0. The summed E-state index contributed by atoms with van der Waals surface area (Å²) in [5.74, 6) is -3.74. The number of aliphatic carboxylic acids is 2. The molecule has 0 aliphatic carbocycles. The zero-order valence-corrected chi connectivity index (χ0v) is 13.3.